The quantitative estimate of drug-likeness (QED) is 0.808. The maximum atomic E-state index is 12.0. The van der Waals surface area contributed by atoms with Gasteiger partial charge in [0.2, 0.25) is 5.91 Å². The molecule has 2 rings (SSSR count). The van der Waals surface area contributed by atoms with Crippen LogP contribution < -0.4 is 11.1 Å². The fourth-order valence-corrected chi connectivity index (χ4v) is 2.90. The Labute approximate surface area is 127 Å². The first-order valence-corrected chi connectivity index (χ1v) is 7.97. The summed E-state index contributed by atoms with van der Waals surface area (Å²) >= 11 is 0. The van der Waals surface area contributed by atoms with E-state index in [0.717, 1.165) is 12.1 Å². The first kappa shape index (κ1) is 16.0. The Hall–Kier alpha value is -1.39. The minimum absolute atomic E-state index is 0.0640. The minimum Gasteiger partial charge on any atom is -0.352 e. The van der Waals surface area contributed by atoms with Crippen LogP contribution in [0.4, 0.5) is 0 Å². The largest absolute Gasteiger partial charge is 0.352 e. The lowest BCUT2D eigenvalue weighted by Gasteiger charge is -2.21. The number of nitrogens with one attached hydrogen (secondary N) is 1. The molecule has 3 N–H and O–H groups in total. The highest BCUT2D eigenvalue weighted by Gasteiger charge is 2.16. The number of benzene rings is 1. The molecule has 1 amide bonds. The molecule has 1 aliphatic rings. The highest BCUT2D eigenvalue weighted by molar-refractivity contribution is 5.76. The van der Waals surface area contributed by atoms with Gasteiger partial charge in [-0.3, -0.25) is 4.79 Å². The van der Waals surface area contributed by atoms with Crippen LogP contribution in [0.2, 0.25) is 0 Å². The van der Waals surface area contributed by atoms with E-state index in [1.54, 1.807) is 0 Å². The van der Waals surface area contributed by atoms with Gasteiger partial charge < -0.3 is 16.0 Å². The van der Waals surface area contributed by atoms with Crippen molar-refractivity contribution in [2.24, 2.45) is 5.73 Å². The monoisotopic (exact) mass is 289 g/mol. The Kier molecular flexibility index (Phi) is 6.21. The van der Waals surface area contributed by atoms with Gasteiger partial charge in [0, 0.05) is 25.0 Å². The van der Waals surface area contributed by atoms with E-state index in [0.29, 0.717) is 12.8 Å². The van der Waals surface area contributed by atoms with Crippen molar-refractivity contribution in [3.63, 3.8) is 0 Å². The molecule has 1 aliphatic heterocycles. The van der Waals surface area contributed by atoms with Crippen molar-refractivity contribution in [1.29, 1.82) is 0 Å². The van der Waals surface area contributed by atoms with E-state index >= 15 is 0 Å². The standard InChI is InChI=1S/C17H27N3O/c1-14(13-20-11-5-6-12-20)19-17(21)10-9-16(18)15-7-3-2-4-8-15/h2-4,7-8,14,16H,5-6,9-13,18H2,1H3,(H,19,21). The molecule has 4 nitrogen and oxygen atoms in total. The van der Waals surface area contributed by atoms with Crippen molar-refractivity contribution in [3.05, 3.63) is 35.9 Å². The Morgan fingerprint density at radius 2 is 1.95 bits per heavy atom. The maximum absolute atomic E-state index is 12.0. The van der Waals surface area contributed by atoms with E-state index in [1.165, 1.54) is 25.9 Å². The third-order valence-corrected chi connectivity index (χ3v) is 4.05. The summed E-state index contributed by atoms with van der Waals surface area (Å²) in [6, 6.07) is 10.1. The second-order valence-electron chi connectivity index (χ2n) is 6.03. The molecule has 21 heavy (non-hydrogen) atoms. The summed E-state index contributed by atoms with van der Waals surface area (Å²) in [5.74, 6) is 0.105. The molecule has 0 aliphatic carbocycles. The second-order valence-corrected chi connectivity index (χ2v) is 6.03. The number of rotatable bonds is 7. The number of nitrogens with zero attached hydrogens (tertiary/aromatic N) is 1. The molecule has 0 saturated carbocycles. The second kappa shape index (κ2) is 8.15. The molecule has 0 aromatic heterocycles. The van der Waals surface area contributed by atoms with Crippen LogP contribution in [0.5, 0.6) is 0 Å². The van der Waals surface area contributed by atoms with E-state index in [1.807, 2.05) is 30.3 Å². The fraction of sp³-hybridized carbons (Fsp3) is 0.588. The number of hydrogen-bond acceptors (Lipinski definition) is 3. The minimum atomic E-state index is -0.0640. The van der Waals surface area contributed by atoms with Gasteiger partial charge in [0.05, 0.1) is 0 Å². The molecular weight excluding hydrogens is 262 g/mol. The summed E-state index contributed by atoms with van der Waals surface area (Å²) in [6.45, 7) is 5.36. The molecule has 116 valence electrons. The molecule has 1 heterocycles. The number of hydrogen-bond donors (Lipinski definition) is 2. The van der Waals surface area contributed by atoms with Crippen LogP contribution in [0.25, 0.3) is 0 Å². The third kappa shape index (κ3) is 5.48. The SMILES string of the molecule is CC(CN1CCCC1)NC(=O)CCC(N)c1ccccc1. The summed E-state index contributed by atoms with van der Waals surface area (Å²) in [7, 11) is 0. The molecular formula is C17H27N3O. The van der Waals surface area contributed by atoms with Gasteiger partial charge in [0.25, 0.3) is 0 Å². The number of carbonyl (C=O) groups excluding carboxylic acids is 1. The number of nitrogens with two attached hydrogens (primary N) is 1. The molecule has 0 spiro atoms. The van der Waals surface area contributed by atoms with Gasteiger partial charge in [0.1, 0.15) is 0 Å². The van der Waals surface area contributed by atoms with Crippen molar-refractivity contribution in [2.75, 3.05) is 19.6 Å². The average Bonchev–Trinajstić information content (AvgIpc) is 2.98. The Bertz CT molecular complexity index is 429. The topological polar surface area (TPSA) is 58.4 Å². The fourth-order valence-electron chi connectivity index (χ4n) is 2.90. The molecule has 1 aromatic carbocycles. The zero-order chi connectivity index (χ0) is 15.1. The highest BCUT2D eigenvalue weighted by Crippen LogP contribution is 2.15. The van der Waals surface area contributed by atoms with E-state index < -0.39 is 0 Å². The van der Waals surface area contributed by atoms with Crippen molar-refractivity contribution >= 4 is 5.91 Å². The zero-order valence-corrected chi connectivity index (χ0v) is 12.9. The molecule has 1 fully saturated rings. The van der Waals surface area contributed by atoms with Crippen molar-refractivity contribution in [1.82, 2.24) is 10.2 Å². The van der Waals surface area contributed by atoms with E-state index in [-0.39, 0.29) is 18.0 Å². The smallest absolute Gasteiger partial charge is 0.220 e. The van der Waals surface area contributed by atoms with Crippen LogP contribution in [-0.4, -0.2) is 36.5 Å². The average molecular weight is 289 g/mol. The summed E-state index contributed by atoms with van der Waals surface area (Å²) < 4.78 is 0. The van der Waals surface area contributed by atoms with Crippen LogP contribution in [0.15, 0.2) is 30.3 Å². The van der Waals surface area contributed by atoms with Gasteiger partial charge in [-0.05, 0) is 44.8 Å². The molecule has 4 heteroatoms. The summed E-state index contributed by atoms with van der Waals surface area (Å²) in [5.41, 5.74) is 7.21. The highest BCUT2D eigenvalue weighted by atomic mass is 16.1. The van der Waals surface area contributed by atoms with Crippen LogP contribution in [0, 0.1) is 0 Å². The van der Waals surface area contributed by atoms with E-state index in [2.05, 4.69) is 17.1 Å². The van der Waals surface area contributed by atoms with E-state index in [9.17, 15) is 4.79 Å². The predicted octanol–water partition coefficient (Wildman–Crippen LogP) is 2.07. The lowest BCUT2D eigenvalue weighted by Crippen LogP contribution is -2.41. The van der Waals surface area contributed by atoms with Crippen LogP contribution in [0.1, 0.15) is 44.2 Å². The molecule has 0 bridgehead atoms. The van der Waals surface area contributed by atoms with Crippen LogP contribution >= 0.6 is 0 Å². The molecule has 1 saturated heterocycles. The first-order valence-electron chi connectivity index (χ1n) is 7.97. The molecule has 0 radical (unpaired) electrons. The number of amides is 1. The van der Waals surface area contributed by atoms with Gasteiger partial charge in [-0.25, -0.2) is 0 Å². The van der Waals surface area contributed by atoms with Gasteiger partial charge in [-0.2, -0.15) is 0 Å². The number of likely N-dealkylation sites (tertiary alicyclic amines) is 1. The lowest BCUT2D eigenvalue weighted by atomic mass is 10.0. The normalized spacial score (nSPS) is 18.4. The maximum Gasteiger partial charge on any atom is 0.220 e. The number of carbonyl (C=O) groups is 1. The third-order valence-electron chi connectivity index (χ3n) is 4.05. The summed E-state index contributed by atoms with van der Waals surface area (Å²) in [5, 5.41) is 3.08. The lowest BCUT2D eigenvalue weighted by molar-refractivity contribution is -0.122. The summed E-state index contributed by atoms with van der Waals surface area (Å²) in [6.07, 6.45) is 3.74. The Morgan fingerprint density at radius 3 is 2.62 bits per heavy atom. The molecule has 2 unspecified atom stereocenters. The molecule has 2 atom stereocenters. The van der Waals surface area contributed by atoms with Crippen LogP contribution in [-0.2, 0) is 4.79 Å². The Morgan fingerprint density at radius 1 is 1.29 bits per heavy atom. The van der Waals surface area contributed by atoms with E-state index in [4.69, 9.17) is 5.73 Å². The predicted molar refractivity (Wildman–Crippen MR) is 85.9 cm³/mol. The molecule has 1 aromatic rings. The van der Waals surface area contributed by atoms with Gasteiger partial charge in [-0.15, -0.1) is 0 Å². The summed E-state index contributed by atoms with van der Waals surface area (Å²) in [4.78, 5) is 14.4. The van der Waals surface area contributed by atoms with Gasteiger partial charge >= 0.3 is 0 Å². The Balaban J connectivity index is 1.67. The zero-order valence-electron chi connectivity index (χ0n) is 12.9. The van der Waals surface area contributed by atoms with Gasteiger partial charge in [0.15, 0.2) is 0 Å². The van der Waals surface area contributed by atoms with Crippen LogP contribution in [0.3, 0.4) is 0 Å². The van der Waals surface area contributed by atoms with Crippen molar-refractivity contribution in [3.8, 4) is 0 Å². The van der Waals surface area contributed by atoms with Gasteiger partial charge in [-0.1, -0.05) is 30.3 Å². The van der Waals surface area contributed by atoms with Crippen molar-refractivity contribution in [2.45, 2.75) is 44.7 Å². The van der Waals surface area contributed by atoms with Crippen molar-refractivity contribution < 1.29 is 4.79 Å². The first-order chi connectivity index (χ1) is 10.1.